The lowest BCUT2D eigenvalue weighted by atomic mass is 10.1. The Balaban J connectivity index is 2.05. The zero-order valence-electron chi connectivity index (χ0n) is 17.0. The third-order valence-electron chi connectivity index (χ3n) is 4.46. The van der Waals surface area contributed by atoms with Crippen molar-refractivity contribution in [2.45, 2.75) is 38.6 Å². The van der Waals surface area contributed by atoms with Gasteiger partial charge in [-0.25, -0.2) is 0 Å². The molecule has 0 spiro atoms. The van der Waals surface area contributed by atoms with E-state index in [-0.39, 0.29) is 17.6 Å². The maximum Gasteiger partial charge on any atom is 0.242 e. The number of halogens is 3. The van der Waals surface area contributed by atoms with Crippen LogP contribution in [0.3, 0.4) is 0 Å². The summed E-state index contributed by atoms with van der Waals surface area (Å²) >= 11 is 19.4. The maximum absolute atomic E-state index is 13.0. The minimum absolute atomic E-state index is 0.103. The molecule has 0 saturated heterocycles. The number of hydrogen-bond donors (Lipinski definition) is 1. The van der Waals surface area contributed by atoms with E-state index in [1.165, 1.54) is 11.8 Å². The maximum atomic E-state index is 13.0. The van der Waals surface area contributed by atoms with Gasteiger partial charge in [0.1, 0.15) is 6.04 Å². The minimum Gasteiger partial charge on any atom is -0.354 e. The molecule has 0 aliphatic carbocycles. The average molecular weight is 488 g/mol. The second kappa shape index (κ2) is 12.5. The predicted molar refractivity (Wildman–Crippen MR) is 127 cm³/mol. The Bertz CT molecular complexity index is 862. The summed E-state index contributed by atoms with van der Waals surface area (Å²) in [7, 11) is 0. The fourth-order valence-electron chi connectivity index (χ4n) is 2.73. The average Bonchev–Trinajstić information content (AvgIpc) is 2.73. The van der Waals surface area contributed by atoms with E-state index in [1.54, 1.807) is 36.1 Å². The summed E-state index contributed by atoms with van der Waals surface area (Å²) in [5.74, 6) is 0.607. The molecule has 30 heavy (non-hydrogen) atoms. The topological polar surface area (TPSA) is 49.4 Å². The van der Waals surface area contributed by atoms with E-state index in [9.17, 15) is 9.59 Å². The Morgan fingerprint density at radius 1 is 1.03 bits per heavy atom. The van der Waals surface area contributed by atoms with Gasteiger partial charge in [-0.15, -0.1) is 11.8 Å². The molecule has 8 heteroatoms. The molecule has 0 bridgehead atoms. The van der Waals surface area contributed by atoms with Gasteiger partial charge < -0.3 is 10.2 Å². The minimum atomic E-state index is -0.578. The standard InChI is InChI=1S/C22H25Cl3N2O2S/c1-3-10-26-22(29)15(2)27(12-16-4-7-18(23)8-5-16)21(28)14-30-13-17-6-9-19(24)20(25)11-17/h4-9,11,15H,3,10,12-14H2,1-2H3,(H,26,29). The molecule has 0 radical (unpaired) electrons. The summed E-state index contributed by atoms with van der Waals surface area (Å²) in [6, 6.07) is 12.1. The molecule has 1 atom stereocenters. The molecular formula is C22H25Cl3N2O2S. The number of carbonyl (C=O) groups excluding carboxylic acids is 2. The highest BCUT2D eigenvalue weighted by molar-refractivity contribution is 7.99. The van der Waals surface area contributed by atoms with E-state index < -0.39 is 6.04 Å². The Hall–Kier alpha value is -1.40. The first-order chi connectivity index (χ1) is 14.3. The Labute approximate surface area is 197 Å². The number of nitrogens with zero attached hydrogens (tertiary/aromatic N) is 1. The van der Waals surface area contributed by atoms with E-state index in [2.05, 4.69) is 5.32 Å². The number of nitrogens with one attached hydrogen (secondary N) is 1. The number of carbonyl (C=O) groups is 2. The SMILES string of the molecule is CCCNC(=O)C(C)N(Cc1ccc(Cl)cc1)C(=O)CSCc1ccc(Cl)c(Cl)c1. The Morgan fingerprint density at radius 2 is 1.70 bits per heavy atom. The number of amides is 2. The van der Waals surface area contributed by atoms with Crippen LogP contribution in [0.2, 0.25) is 15.1 Å². The molecule has 1 unspecified atom stereocenters. The number of hydrogen-bond acceptors (Lipinski definition) is 3. The van der Waals surface area contributed by atoms with Crippen LogP contribution in [0.15, 0.2) is 42.5 Å². The highest BCUT2D eigenvalue weighted by Gasteiger charge is 2.25. The summed E-state index contributed by atoms with van der Waals surface area (Å²) in [6.07, 6.45) is 0.836. The fraction of sp³-hybridized carbons (Fsp3) is 0.364. The van der Waals surface area contributed by atoms with Crippen molar-refractivity contribution in [3.05, 3.63) is 68.7 Å². The summed E-state index contributed by atoms with van der Waals surface area (Å²) < 4.78 is 0. The van der Waals surface area contributed by atoms with Crippen molar-refractivity contribution >= 4 is 58.4 Å². The van der Waals surface area contributed by atoms with Crippen LogP contribution in [-0.2, 0) is 21.9 Å². The first-order valence-corrected chi connectivity index (χ1v) is 11.9. The van der Waals surface area contributed by atoms with Gasteiger partial charge in [-0.3, -0.25) is 9.59 Å². The van der Waals surface area contributed by atoms with Crippen LogP contribution < -0.4 is 5.32 Å². The summed E-state index contributed by atoms with van der Waals surface area (Å²) in [4.78, 5) is 27.1. The third kappa shape index (κ3) is 7.69. The monoisotopic (exact) mass is 486 g/mol. The molecule has 1 N–H and O–H groups in total. The van der Waals surface area contributed by atoms with E-state index in [1.807, 2.05) is 25.1 Å². The highest BCUT2D eigenvalue weighted by Crippen LogP contribution is 2.25. The molecule has 2 rings (SSSR count). The summed E-state index contributed by atoms with van der Waals surface area (Å²) in [5, 5.41) is 4.49. The highest BCUT2D eigenvalue weighted by atomic mass is 35.5. The van der Waals surface area contributed by atoms with Gasteiger partial charge in [0.25, 0.3) is 0 Å². The second-order valence-corrected chi connectivity index (χ2v) is 9.09. The van der Waals surface area contributed by atoms with Gasteiger partial charge in [0, 0.05) is 23.9 Å². The van der Waals surface area contributed by atoms with Crippen LogP contribution >= 0.6 is 46.6 Å². The van der Waals surface area contributed by atoms with Crippen molar-refractivity contribution in [3.8, 4) is 0 Å². The van der Waals surface area contributed by atoms with Crippen LogP contribution in [0.5, 0.6) is 0 Å². The first kappa shape index (κ1) is 24.9. The lowest BCUT2D eigenvalue weighted by molar-refractivity contribution is -0.138. The molecule has 4 nitrogen and oxygen atoms in total. The van der Waals surface area contributed by atoms with Gasteiger partial charge in [-0.1, -0.05) is 59.9 Å². The van der Waals surface area contributed by atoms with Gasteiger partial charge in [0.15, 0.2) is 0 Å². The van der Waals surface area contributed by atoms with Gasteiger partial charge in [-0.2, -0.15) is 0 Å². The molecule has 0 saturated carbocycles. The zero-order chi connectivity index (χ0) is 22.1. The predicted octanol–water partition coefficient (Wildman–Crippen LogP) is 5.82. The summed E-state index contributed by atoms with van der Waals surface area (Å²) in [6.45, 7) is 4.66. The lowest BCUT2D eigenvalue weighted by Crippen LogP contribution is -2.48. The number of thioether (sulfide) groups is 1. The van der Waals surface area contributed by atoms with E-state index in [4.69, 9.17) is 34.8 Å². The van der Waals surface area contributed by atoms with Crippen LogP contribution in [0.25, 0.3) is 0 Å². The third-order valence-corrected chi connectivity index (χ3v) is 6.44. The molecule has 0 aliphatic heterocycles. The van der Waals surface area contributed by atoms with Crippen molar-refractivity contribution in [2.75, 3.05) is 12.3 Å². The van der Waals surface area contributed by atoms with Crippen LogP contribution in [0, 0.1) is 0 Å². The van der Waals surface area contributed by atoms with E-state index in [0.29, 0.717) is 33.9 Å². The fourth-order valence-corrected chi connectivity index (χ4v) is 4.04. The molecule has 0 fully saturated rings. The molecule has 162 valence electrons. The zero-order valence-corrected chi connectivity index (χ0v) is 20.0. The van der Waals surface area contributed by atoms with Crippen LogP contribution in [0.1, 0.15) is 31.4 Å². The molecule has 0 heterocycles. The van der Waals surface area contributed by atoms with Crippen LogP contribution in [-0.4, -0.2) is 35.1 Å². The van der Waals surface area contributed by atoms with Gasteiger partial charge in [-0.05, 0) is 48.7 Å². The largest absolute Gasteiger partial charge is 0.354 e. The van der Waals surface area contributed by atoms with Crippen molar-refractivity contribution in [2.24, 2.45) is 0 Å². The van der Waals surface area contributed by atoms with Gasteiger partial charge in [0.2, 0.25) is 11.8 Å². The summed E-state index contributed by atoms with van der Waals surface area (Å²) in [5.41, 5.74) is 1.90. The number of benzene rings is 2. The first-order valence-electron chi connectivity index (χ1n) is 9.65. The smallest absolute Gasteiger partial charge is 0.242 e. The molecule has 0 aromatic heterocycles. The second-order valence-electron chi connectivity index (χ2n) is 6.86. The quantitative estimate of drug-likeness (QED) is 0.459. The normalized spacial score (nSPS) is 11.8. The molecular weight excluding hydrogens is 463 g/mol. The van der Waals surface area contributed by atoms with Crippen molar-refractivity contribution in [3.63, 3.8) is 0 Å². The van der Waals surface area contributed by atoms with Crippen molar-refractivity contribution in [1.82, 2.24) is 10.2 Å². The van der Waals surface area contributed by atoms with Crippen molar-refractivity contribution in [1.29, 1.82) is 0 Å². The van der Waals surface area contributed by atoms with E-state index >= 15 is 0 Å². The van der Waals surface area contributed by atoms with Gasteiger partial charge >= 0.3 is 0 Å². The lowest BCUT2D eigenvalue weighted by Gasteiger charge is -2.28. The molecule has 2 aromatic carbocycles. The molecule has 2 aromatic rings. The Kier molecular flexibility index (Phi) is 10.3. The Morgan fingerprint density at radius 3 is 2.33 bits per heavy atom. The number of rotatable bonds is 10. The van der Waals surface area contributed by atoms with Gasteiger partial charge in [0.05, 0.1) is 15.8 Å². The molecule has 2 amide bonds. The van der Waals surface area contributed by atoms with Crippen molar-refractivity contribution < 1.29 is 9.59 Å². The van der Waals surface area contributed by atoms with E-state index in [0.717, 1.165) is 17.5 Å². The molecule has 0 aliphatic rings. The van der Waals surface area contributed by atoms with Crippen LogP contribution in [0.4, 0.5) is 0 Å².